The molecule has 1 amide bonds. The maximum Gasteiger partial charge on any atom is 0.211 e. The summed E-state index contributed by atoms with van der Waals surface area (Å²) in [4.78, 5) is 21.6. The van der Waals surface area contributed by atoms with E-state index in [9.17, 15) is 4.79 Å². The number of aromatic nitrogens is 2. The second-order valence-electron chi connectivity index (χ2n) is 8.58. The number of carbonyl (C=O) groups is 1. The highest BCUT2D eigenvalue weighted by Crippen LogP contribution is 2.47. The molecule has 1 fully saturated rings. The lowest BCUT2D eigenvalue weighted by Gasteiger charge is -2.33. The lowest BCUT2D eigenvalue weighted by molar-refractivity contribution is -0.108. The molecule has 4 rings (SSSR count). The van der Waals surface area contributed by atoms with Gasteiger partial charge in [-0.3, -0.25) is 4.79 Å². The summed E-state index contributed by atoms with van der Waals surface area (Å²) in [6.45, 7) is 10.4. The molecule has 0 spiro atoms. The highest BCUT2D eigenvalue weighted by molar-refractivity contribution is 6.36. The van der Waals surface area contributed by atoms with Gasteiger partial charge in [0.1, 0.15) is 17.7 Å². The molecule has 1 aromatic heterocycles. The van der Waals surface area contributed by atoms with Gasteiger partial charge in [0.2, 0.25) is 6.41 Å². The van der Waals surface area contributed by atoms with Crippen LogP contribution in [0.4, 0.5) is 10.2 Å². The molecule has 7 nitrogen and oxygen atoms in total. The van der Waals surface area contributed by atoms with E-state index in [1.807, 2.05) is 32.9 Å². The number of aryl methyl sites for hydroxylation is 1. The van der Waals surface area contributed by atoms with Gasteiger partial charge in [0, 0.05) is 37.4 Å². The number of halogens is 2. The summed E-state index contributed by atoms with van der Waals surface area (Å²) in [7, 11) is 0. The smallest absolute Gasteiger partial charge is 0.211 e. The Hall–Kier alpha value is -3.23. The molecule has 0 aliphatic carbocycles. The molecule has 1 aliphatic rings. The van der Waals surface area contributed by atoms with E-state index in [0.29, 0.717) is 35.5 Å². The van der Waals surface area contributed by atoms with Gasteiger partial charge in [-0.2, -0.15) is 0 Å². The average Bonchev–Trinajstić information content (AvgIpc) is 2.85. The molecular formula is C26H29ClFN5O2. The Bertz CT molecular complexity index is 1300. The molecule has 2 N–H and O–H groups in total. The van der Waals surface area contributed by atoms with E-state index in [1.165, 1.54) is 12.5 Å². The van der Waals surface area contributed by atoms with Crippen molar-refractivity contribution in [2.45, 2.75) is 33.7 Å². The molecule has 35 heavy (non-hydrogen) atoms. The van der Waals surface area contributed by atoms with E-state index in [1.54, 1.807) is 6.08 Å². The predicted molar refractivity (Wildman–Crippen MR) is 138 cm³/mol. The normalized spacial score (nSPS) is 16.2. The fraction of sp³-hybridized carbons (Fsp3) is 0.346. The van der Waals surface area contributed by atoms with Gasteiger partial charge in [0.05, 0.1) is 17.0 Å². The van der Waals surface area contributed by atoms with Crippen molar-refractivity contribution in [2.75, 3.05) is 31.1 Å². The summed E-state index contributed by atoms with van der Waals surface area (Å²) in [6, 6.07) is 4.08. The Morgan fingerprint density at radius 3 is 2.83 bits per heavy atom. The number of rotatable bonds is 7. The van der Waals surface area contributed by atoms with Gasteiger partial charge < -0.3 is 20.3 Å². The van der Waals surface area contributed by atoms with Gasteiger partial charge in [-0.05, 0) is 56.0 Å². The van der Waals surface area contributed by atoms with Gasteiger partial charge in [0.25, 0.3) is 0 Å². The van der Waals surface area contributed by atoms with E-state index in [4.69, 9.17) is 16.3 Å². The van der Waals surface area contributed by atoms with Crippen LogP contribution in [0.5, 0.6) is 5.75 Å². The van der Waals surface area contributed by atoms with Crippen LogP contribution in [0.2, 0.25) is 5.02 Å². The van der Waals surface area contributed by atoms with Gasteiger partial charge in [0.15, 0.2) is 11.6 Å². The molecule has 9 heteroatoms. The molecule has 3 aromatic rings. The fourth-order valence-electron chi connectivity index (χ4n) is 4.66. The molecule has 1 saturated heterocycles. The molecule has 2 heterocycles. The van der Waals surface area contributed by atoms with Gasteiger partial charge in [-0.1, -0.05) is 23.7 Å². The number of nitrogens with one attached hydrogen (secondary N) is 2. The van der Waals surface area contributed by atoms with Crippen LogP contribution in [0.25, 0.3) is 28.1 Å². The highest BCUT2D eigenvalue weighted by Gasteiger charge is 2.29. The summed E-state index contributed by atoms with van der Waals surface area (Å²) in [5.74, 6) is 0.479. The molecular weight excluding hydrogens is 469 g/mol. The monoisotopic (exact) mass is 497 g/mol. The van der Waals surface area contributed by atoms with Crippen LogP contribution in [0.3, 0.4) is 0 Å². The first-order chi connectivity index (χ1) is 16.9. The summed E-state index contributed by atoms with van der Waals surface area (Å²) in [5, 5.41) is 6.59. The average molecular weight is 498 g/mol. The molecule has 2 aromatic carbocycles. The number of hydrogen-bond donors (Lipinski definition) is 2. The Morgan fingerprint density at radius 2 is 2.11 bits per heavy atom. The van der Waals surface area contributed by atoms with Crippen molar-refractivity contribution < 1.29 is 13.9 Å². The third-order valence-electron chi connectivity index (χ3n) is 6.25. The van der Waals surface area contributed by atoms with E-state index in [2.05, 4.69) is 32.4 Å². The van der Waals surface area contributed by atoms with Gasteiger partial charge in [-0.25, -0.2) is 14.4 Å². The van der Waals surface area contributed by atoms with Crippen LogP contribution in [-0.4, -0.2) is 48.7 Å². The van der Waals surface area contributed by atoms with E-state index < -0.39 is 5.82 Å². The lowest BCUT2D eigenvalue weighted by Crippen LogP contribution is -2.49. The van der Waals surface area contributed by atoms with Crippen LogP contribution in [-0.2, 0) is 4.79 Å². The SMILES string of the molecule is CCOc1c(Cl)c(-c2c(C)ccc(/C=C\NC=O)c2C)c(F)c2ncnc(N3CCN[C@H](C)C3)c12. The topological polar surface area (TPSA) is 79.4 Å². The third kappa shape index (κ3) is 4.68. The summed E-state index contributed by atoms with van der Waals surface area (Å²) < 4.78 is 22.4. The van der Waals surface area contributed by atoms with Crippen LogP contribution >= 0.6 is 11.6 Å². The van der Waals surface area contributed by atoms with Crippen molar-refractivity contribution in [3.05, 3.63) is 52.2 Å². The first kappa shape index (κ1) is 24.9. The molecule has 0 radical (unpaired) electrons. The van der Waals surface area contributed by atoms with Crippen molar-refractivity contribution in [2.24, 2.45) is 0 Å². The first-order valence-electron chi connectivity index (χ1n) is 11.6. The van der Waals surface area contributed by atoms with Crippen molar-refractivity contribution >= 4 is 40.8 Å². The molecule has 0 unspecified atom stereocenters. The second-order valence-corrected chi connectivity index (χ2v) is 8.95. The number of amides is 1. The number of hydrogen-bond acceptors (Lipinski definition) is 6. The Morgan fingerprint density at radius 1 is 1.31 bits per heavy atom. The maximum absolute atomic E-state index is 16.3. The van der Waals surface area contributed by atoms with E-state index >= 15 is 4.39 Å². The first-order valence-corrected chi connectivity index (χ1v) is 12.0. The minimum absolute atomic E-state index is 0.173. The van der Waals surface area contributed by atoms with Crippen LogP contribution in [0.1, 0.15) is 30.5 Å². The van der Waals surface area contributed by atoms with E-state index in [0.717, 1.165) is 36.3 Å². The zero-order valence-electron chi connectivity index (χ0n) is 20.3. The van der Waals surface area contributed by atoms with Gasteiger partial charge in [-0.15, -0.1) is 0 Å². The van der Waals surface area contributed by atoms with Crippen LogP contribution in [0, 0.1) is 19.7 Å². The number of nitrogens with zero attached hydrogens (tertiary/aromatic N) is 3. The number of piperazine rings is 1. The molecule has 0 bridgehead atoms. The quantitative estimate of drug-likeness (QED) is 0.464. The highest BCUT2D eigenvalue weighted by atomic mass is 35.5. The zero-order valence-corrected chi connectivity index (χ0v) is 21.0. The second kappa shape index (κ2) is 10.6. The number of anilines is 1. The Kier molecular flexibility index (Phi) is 7.52. The van der Waals surface area contributed by atoms with Crippen molar-refractivity contribution in [1.82, 2.24) is 20.6 Å². The van der Waals surface area contributed by atoms with Crippen molar-refractivity contribution in [3.63, 3.8) is 0 Å². The number of ether oxygens (including phenoxy) is 1. The third-order valence-corrected chi connectivity index (χ3v) is 6.61. The minimum Gasteiger partial charge on any atom is -0.491 e. The minimum atomic E-state index is -0.515. The Balaban J connectivity index is 2.00. The number of benzene rings is 2. The summed E-state index contributed by atoms with van der Waals surface area (Å²) in [5.41, 5.74) is 3.59. The maximum atomic E-state index is 16.3. The molecule has 0 saturated carbocycles. The van der Waals surface area contributed by atoms with Crippen molar-refractivity contribution in [1.29, 1.82) is 0 Å². The zero-order chi connectivity index (χ0) is 25.1. The van der Waals surface area contributed by atoms with Crippen LogP contribution in [0.15, 0.2) is 24.7 Å². The molecule has 184 valence electrons. The van der Waals surface area contributed by atoms with Gasteiger partial charge >= 0.3 is 0 Å². The van der Waals surface area contributed by atoms with Crippen molar-refractivity contribution in [3.8, 4) is 16.9 Å². The molecule has 1 aliphatic heterocycles. The standard InChI is InChI=1S/C26H29ClFN5O2/c1-5-35-25-21-24(31-13-32-26(21)33-11-10-30-16(3)12-33)23(28)20(22(25)27)19-15(2)6-7-18(17(19)4)8-9-29-14-34/h6-9,13-14,16,30H,5,10-12H2,1-4H3,(H,29,34)/b9-8-/t16-/m1/s1. The predicted octanol–water partition coefficient (Wildman–Crippen LogP) is 4.62. The lowest BCUT2D eigenvalue weighted by atomic mass is 9.90. The number of carbonyl (C=O) groups excluding carboxylic acids is 1. The summed E-state index contributed by atoms with van der Waals surface area (Å²) in [6.07, 6.45) is 5.28. The van der Waals surface area contributed by atoms with Crippen LogP contribution < -0.4 is 20.3 Å². The molecule has 1 atom stereocenters. The fourth-order valence-corrected chi connectivity index (χ4v) is 4.99. The number of fused-ring (bicyclic) bond motifs is 1. The Labute approximate surface area is 209 Å². The summed E-state index contributed by atoms with van der Waals surface area (Å²) >= 11 is 6.94. The largest absolute Gasteiger partial charge is 0.491 e. The van der Waals surface area contributed by atoms with E-state index in [-0.39, 0.29) is 22.1 Å².